The summed E-state index contributed by atoms with van der Waals surface area (Å²) in [5.74, 6) is 0.295. The summed E-state index contributed by atoms with van der Waals surface area (Å²) in [4.78, 5) is 15.1. The third kappa shape index (κ3) is 2.95. The van der Waals surface area contributed by atoms with E-state index in [1.165, 1.54) is 0 Å². The molecule has 1 aliphatic carbocycles. The molecule has 0 bridgehead atoms. The van der Waals surface area contributed by atoms with Crippen LogP contribution in [0, 0.1) is 5.92 Å². The zero-order valence-corrected chi connectivity index (χ0v) is 14.1. The number of carbonyl (C=O) groups excluding carboxylic acids is 1. The number of esters is 1. The predicted molar refractivity (Wildman–Crippen MR) is 89.8 cm³/mol. The topological polar surface area (TPSA) is 29.5 Å². The molecule has 22 heavy (non-hydrogen) atoms. The van der Waals surface area contributed by atoms with Gasteiger partial charge in [0, 0.05) is 6.04 Å². The minimum absolute atomic E-state index is 0.0109. The van der Waals surface area contributed by atoms with Gasteiger partial charge in [0.25, 0.3) is 0 Å². The van der Waals surface area contributed by atoms with E-state index in [9.17, 15) is 4.79 Å². The van der Waals surface area contributed by atoms with E-state index in [2.05, 4.69) is 36.1 Å². The van der Waals surface area contributed by atoms with Crippen LogP contribution in [0.1, 0.15) is 32.3 Å². The molecule has 0 N–H and O–H groups in total. The molecule has 0 saturated heterocycles. The molecular formula is C19H27NO2. The number of allylic oxidation sites excluding steroid dienone is 1. The lowest BCUT2D eigenvalue weighted by Gasteiger charge is -2.45. The van der Waals surface area contributed by atoms with E-state index in [0.717, 1.165) is 18.4 Å². The standard InChI is InChI=1S/C19H27NO2/c1-5-15-12-13-17(20(3)4)19(14-15,18(21)22-6-2)16-10-8-7-9-11-16/h7-13,15,17H,5-6,14H2,1-4H3/t15-,17-,19-/m0/s1. The smallest absolute Gasteiger partial charge is 0.318 e. The highest BCUT2D eigenvalue weighted by Gasteiger charge is 2.50. The fourth-order valence-corrected chi connectivity index (χ4v) is 3.53. The maximum absolute atomic E-state index is 13.0. The van der Waals surface area contributed by atoms with Gasteiger partial charge >= 0.3 is 5.97 Å². The van der Waals surface area contributed by atoms with Crippen LogP contribution in [0.5, 0.6) is 0 Å². The third-order valence-electron chi connectivity index (χ3n) is 4.66. The second-order valence-electron chi connectivity index (χ2n) is 6.22. The van der Waals surface area contributed by atoms with E-state index >= 15 is 0 Å². The lowest BCUT2D eigenvalue weighted by Crippen LogP contribution is -2.55. The number of benzene rings is 1. The normalized spacial score (nSPS) is 27.9. The largest absolute Gasteiger partial charge is 0.465 e. The first-order valence-corrected chi connectivity index (χ1v) is 8.13. The molecule has 0 amide bonds. The number of hydrogen-bond acceptors (Lipinski definition) is 3. The molecule has 0 heterocycles. The SMILES string of the molecule is CCOC(=O)[C@]1(c2ccccc2)C[C@@H](CC)C=C[C@@H]1N(C)C. The minimum Gasteiger partial charge on any atom is -0.465 e. The third-order valence-corrected chi connectivity index (χ3v) is 4.66. The minimum atomic E-state index is -0.629. The number of nitrogens with zero attached hydrogens (tertiary/aromatic N) is 1. The maximum atomic E-state index is 13.0. The van der Waals surface area contributed by atoms with Crippen LogP contribution >= 0.6 is 0 Å². The van der Waals surface area contributed by atoms with Crippen molar-refractivity contribution in [2.24, 2.45) is 5.92 Å². The van der Waals surface area contributed by atoms with Gasteiger partial charge in [0.1, 0.15) is 5.41 Å². The average molecular weight is 301 g/mol. The molecule has 120 valence electrons. The van der Waals surface area contributed by atoms with Gasteiger partial charge in [0.2, 0.25) is 0 Å². The van der Waals surface area contributed by atoms with Crippen molar-refractivity contribution < 1.29 is 9.53 Å². The highest BCUT2D eigenvalue weighted by atomic mass is 16.5. The van der Waals surface area contributed by atoms with Gasteiger partial charge in [0.05, 0.1) is 6.61 Å². The van der Waals surface area contributed by atoms with Gasteiger partial charge < -0.3 is 9.64 Å². The summed E-state index contributed by atoms with van der Waals surface area (Å²) in [6.45, 7) is 4.46. The Morgan fingerprint density at radius 1 is 1.23 bits per heavy atom. The summed E-state index contributed by atoms with van der Waals surface area (Å²) in [5, 5.41) is 0. The van der Waals surface area contributed by atoms with E-state index in [4.69, 9.17) is 4.74 Å². The van der Waals surface area contributed by atoms with Crippen LogP contribution in [-0.2, 0) is 14.9 Å². The average Bonchev–Trinajstić information content (AvgIpc) is 2.54. The summed E-state index contributed by atoms with van der Waals surface area (Å²) in [7, 11) is 4.05. The van der Waals surface area contributed by atoms with E-state index in [1.54, 1.807) is 0 Å². The Hall–Kier alpha value is -1.61. The fourth-order valence-electron chi connectivity index (χ4n) is 3.53. The van der Waals surface area contributed by atoms with Crippen molar-refractivity contribution in [3.63, 3.8) is 0 Å². The van der Waals surface area contributed by atoms with Crippen LogP contribution in [0.2, 0.25) is 0 Å². The van der Waals surface area contributed by atoms with Crippen LogP contribution in [-0.4, -0.2) is 37.6 Å². The number of carbonyl (C=O) groups is 1. The maximum Gasteiger partial charge on any atom is 0.318 e. The Bertz CT molecular complexity index is 523. The van der Waals surface area contributed by atoms with Crippen LogP contribution in [0.25, 0.3) is 0 Å². The molecule has 0 radical (unpaired) electrons. The van der Waals surface area contributed by atoms with Gasteiger partial charge in [0.15, 0.2) is 0 Å². The van der Waals surface area contributed by atoms with Crippen LogP contribution in [0.15, 0.2) is 42.5 Å². The summed E-state index contributed by atoms with van der Waals surface area (Å²) in [6.07, 6.45) is 6.27. The summed E-state index contributed by atoms with van der Waals surface area (Å²) < 4.78 is 5.51. The summed E-state index contributed by atoms with van der Waals surface area (Å²) in [6, 6.07) is 10.1. The molecule has 1 aliphatic rings. The predicted octanol–water partition coefficient (Wildman–Crippen LogP) is 3.40. The molecule has 1 aromatic carbocycles. The van der Waals surface area contributed by atoms with E-state index < -0.39 is 5.41 Å². The first kappa shape index (κ1) is 16.8. The van der Waals surface area contributed by atoms with E-state index in [0.29, 0.717) is 12.5 Å². The Kier molecular flexibility index (Phi) is 5.41. The Labute approximate surface area is 134 Å². The quantitative estimate of drug-likeness (QED) is 0.616. The number of rotatable bonds is 5. The first-order valence-electron chi connectivity index (χ1n) is 8.13. The lowest BCUT2D eigenvalue weighted by molar-refractivity contribution is -0.153. The van der Waals surface area contributed by atoms with Crippen molar-refractivity contribution in [1.82, 2.24) is 4.90 Å². The molecule has 0 saturated carbocycles. The Morgan fingerprint density at radius 3 is 2.45 bits per heavy atom. The molecule has 3 heteroatoms. The van der Waals surface area contributed by atoms with Gasteiger partial charge in [-0.2, -0.15) is 0 Å². The first-order chi connectivity index (χ1) is 10.6. The molecule has 0 unspecified atom stereocenters. The van der Waals surface area contributed by atoms with Gasteiger partial charge in [-0.05, 0) is 45.3 Å². The molecule has 3 nitrogen and oxygen atoms in total. The summed E-state index contributed by atoms with van der Waals surface area (Å²) >= 11 is 0. The second kappa shape index (κ2) is 7.10. The fraction of sp³-hybridized carbons (Fsp3) is 0.526. The molecule has 2 rings (SSSR count). The van der Waals surface area contributed by atoms with E-state index in [1.807, 2.05) is 39.2 Å². The van der Waals surface area contributed by atoms with Crippen LogP contribution in [0.3, 0.4) is 0 Å². The highest BCUT2D eigenvalue weighted by molar-refractivity contribution is 5.85. The van der Waals surface area contributed by atoms with Gasteiger partial charge in [-0.25, -0.2) is 0 Å². The van der Waals surface area contributed by atoms with Crippen molar-refractivity contribution in [3.8, 4) is 0 Å². The van der Waals surface area contributed by atoms with Gasteiger partial charge in [-0.3, -0.25) is 4.79 Å². The van der Waals surface area contributed by atoms with Gasteiger partial charge in [-0.15, -0.1) is 0 Å². The monoisotopic (exact) mass is 301 g/mol. The molecule has 1 aromatic rings. The number of likely N-dealkylation sites (N-methyl/N-ethyl adjacent to an activating group) is 1. The summed E-state index contributed by atoms with van der Waals surface area (Å²) in [5.41, 5.74) is 0.422. The van der Waals surface area contributed by atoms with Crippen molar-refractivity contribution in [1.29, 1.82) is 0 Å². The van der Waals surface area contributed by atoms with E-state index in [-0.39, 0.29) is 12.0 Å². The highest BCUT2D eigenvalue weighted by Crippen LogP contribution is 2.42. The van der Waals surface area contributed by atoms with Crippen molar-refractivity contribution in [3.05, 3.63) is 48.0 Å². The zero-order chi connectivity index (χ0) is 16.2. The molecular weight excluding hydrogens is 274 g/mol. The van der Waals surface area contributed by atoms with Gasteiger partial charge in [-0.1, -0.05) is 49.4 Å². The molecule has 0 aliphatic heterocycles. The van der Waals surface area contributed by atoms with Crippen molar-refractivity contribution >= 4 is 5.97 Å². The molecule has 0 aromatic heterocycles. The lowest BCUT2D eigenvalue weighted by atomic mass is 9.64. The molecule has 0 spiro atoms. The van der Waals surface area contributed by atoms with Crippen LogP contribution in [0.4, 0.5) is 0 Å². The molecule has 3 atom stereocenters. The van der Waals surface area contributed by atoms with Crippen molar-refractivity contribution in [2.45, 2.75) is 38.1 Å². The zero-order valence-electron chi connectivity index (χ0n) is 14.1. The van der Waals surface area contributed by atoms with Crippen molar-refractivity contribution in [2.75, 3.05) is 20.7 Å². The Morgan fingerprint density at radius 2 is 1.91 bits per heavy atom. The van der Waals surface area contributed by atoms with Crippen LogP contribution < -0.4 is 0 Å². The number of ether oxygens (including phenoxy) is 1. The second-order valence-corrected chi connectivity index (χ2v) is 6.22. The molecule has 0 fully saturated rings. The number of hydrogen-bond donors (Lipinski definition) is 0. The Balaban J connectivity index is 2.59.